The largest absolute Gasteiger partial charge is 0.337 e. The van der Waals surface area contributed by atoms with E-state index in [1.54, 1.807) is 0 Å². The molecule has 6 nitrogen and oxygen atoms in total. The van der Waals surface area contributed by atoms with Crippen LogP contribution in [-0.2, 0) is 0 Å². The SMILES string of the molecule is CCCCCCNC(=O)n1cc(-c2ccc3ccccc3c2)c(=O)[nH]c1=O. The number of unbranched alkanes of at least 4 members (excludes halogenated alkanes) is 3. The van der Waals surface area contributed by atoms with E-state index in [0.29, 0.717) is 12.1 Å². The molecule has 0 radical (unpaired) electrons. The first-order valence-electron chi connectivity index (χ1n) is 9.23. The van der Waals surface area contributed by atoms with Gasteiger partial charge in [0.2, 0.25) is 0 Å². The molecule has 1 aromatic heterocycles. The quantitative estimate of drug-likeness (QED) is 0.656. The average molecular weight is 365 g/mol. The third-order valence-electron chi connectivity index (χ3n) is 4.53. The van der Waals surface area contributed by atoms with Gasteiger partial charge in [-0.25, -0.2) is 14.2 Å². The van der Waals surface area contributed by atoms with Crippen LogP contribution in [-0.4, -0.2) is 22.1 Å². The first-order valence-corrected chi connectivity index (χ1v) is 9.23. The van der Waals surface area contributed by atoms with Gasteiger partial charge in [0, 0.05) is 12.7 Å². The normalized spacial score (nSPS) is 10.9. The maximum Gasteiger partial charge on any atom is 0.336 e. The zero-order valence-electron chi connectivity index (χ0n) is 15.3. The van der Waals surface area contributed by atoms with E-state index in [4.69, 9.17) is 0 Å². The Morgan fingerprint density at radius 1 is 1.04 bits per heavy atom. The Morgan fingerprint density at radius 3 is 2.59 bits per heavy atom. The number of benzene rings is 2. The minimum atomic E-state index is -0.740. The second kappa shape index (κ2) is 8.49. The van der Waals surface area contributed by atoms with E-state index in [2.05, 4.69) is 17.2 Å². The van der Waals surface area contributed by atoms with Crippen LogP contribution >= 0.6 is 0 Å². The van der Waals surface area contributed by atoms with Crippen molar-refractivity contribution >= 4 is 16.8 Å². The summed E-state index contributed by atoms with van der Waals surface area (Å²) in [5, 5.41) is 4.76. The maximum absolute atomic E-state index is 12.3. The van der Waals surface area contributed by atoms with Crippen molar-refractivity contribution in [2.24, 2.45) is 0 Å². The maximum atomic E-state index is 12.3. The fourth-order valence-electron chi connectivity index (χ4n) is 3.02. The Hall–Kier alpha value is -3.15. The van der Waals surface area contributed by atoms with Crippen molar-refractivity contribution in [2.45, 2.75) is 32.6 Å². The molecule has 0 saturated carbocycles. The van der Waals surface area contributed by atoms with E-state index in [9.17, 15) is 14.4 Å². The number of hydrogen-bond donors (Lipinski definition) is 2. The van der Waals surface area contributed by atoms with Crippen molar-refractivity contribution in [3.63, 3.8) is 0 Å². The molecule has 2 aromatic carbocycles. The van der Waals surface area contributed by atoms with Gasteiger partial charge in [0.05, 0.1) is 5.56 Å². The molecular weight excluding hydrogens is 342 g/mol. The molecule has 0 spiro atoms. The van der Waals surface area contributed by atoms with Crippen LogP contribution in [0.4, 0.5) is 4.79 Å². The fraction of sp³-hybridized carbons (Fsp3) is 0.286. The van der Waals surface area contributed by atoms with Crippen LogP contribution in [0.2, 0.25) is 0 Å². The number of nitrogens with one attached hydrogen (secondary N) is 2. The van der Waals surface area contributed by atoms with Gasteiger partial charge in [0.1, 0.15) is 0 Å². The summed E-state index contributed by atoms with van der Waals surface area (Å²) in [7, 11) is 0. The van der Waals surface area contributed by atoms with Crippen LogP contribution in [0.15, 0.2) is 58.3 Å². The van der Waals surface area contributed by atoms with Gasteiger partial charge in [-0.2, -0.15) is 0 Å². The first kappa shape index (κ1) is 18.6. The molecule has 0 atom stereocenters. The molecule has 0 bridgehead atoms. The van der Waals surface area contributed by atoms with Crippen LogP contribution in [0, 0.1) is 0 Å². The number of H-pyrrole nitrogens is 1. The Labute approximate surface area is 156 Å². The second-order valence-electron chi connectivity index (χ2n) is 6.53. The van der Waals surface area contributed by atoms with Gasteiger partial charge < -0.3 is 5.32 Å². The van der Waals surface area contributed by atoms with E-state index < -0.39 is 17.3 Å². The van der Waals surface area contributed by atoms with E-state index >= 15 is 0 Å². The number of aromatic nitrogens is 2. The first-order chi connectivity index (χ1) is 13.1. The Morgan fingerprint density at radius 2 is 1.81 bits per heavy atom. The van der Waals surface area contributed by atoms with Crippen molar-refractivity contribution in [3.05, 3.63) is 69.5 Å². The highest BCUT2D eigenvalue weighted by molar-refractivity contribution is 5.87. The third kappa shape index (κ3) is 4.34. The Kier molecular flexibility index (Phi) is 5.86. The summed E-state index contributed by atoms with van der Waals surface area (Å²) in [5.74, 6) is 0. The number of nitrogens with zero attached hydrogens (tertiary/aromatic N) is 1. The van der Waals surface area contributed by atoms with Crippen LogP contribution in [0.1, 0.15) is 32.6 Å². The molecule has 2 N–H and O–H groups in total. The summed E-state index contributed by atoms with van der Waals surface area (Å²) < 4.78 is 0.922. The van der Waals surface area contributed by atoms with Crippen molar-refractivity contribution < 1.29 is 4.79 Å². The highest BCUT2D eigenvalue weighted by Gasteiger charge is 2.12. The third-order valence-corrected chi connectivity index (χ3v) is 4.53. The highest BCUT2D eigenvalue weighted by Crippen LogP contribution is 2.21. The summed E-state index contributed by atoms with van der Waals surface area (Å²) in [6.45, 7) is 2.61. The molecule has 27 heavy (non-hydrogen) atoms. The van der Waals surface area contributed by atoms with Crippen molar-refractivity contribution in [1.29, 1.82) is 0 Å². The zero-order chi connectivity index (χ0) is 19.2. The predicted molar refractivity (Wildman–Crippen MR) is 107 cm³/mol. The predicted octanol–water partition coefficient (Wildman–Crippen LogP) is 3.49. The number of fused-ring (bicyclic) bond motifs is 1. The molecule has 0 aliphatic carbocycles. The van der Waals surface area contributed by atoms with E-state index in [1.165, 1.54) is 6.20 Å². The van der Waals surface area contributed by atoms with Crippen LogP contribution in [0.5, 0.6) is 0 Å². The number of amides is 1. The summed E-state index contributed by atoms with van der Waals surface area (Å²) in [6, 6.07) is 12.9. The van der Waals surface area contributed by atoms with E-state index in [1.807, 2.05) is 42.5 Å². The molecule has 1 heterocycles. The highest BCUT2D eigenvalue weighted by atomic mass is 16.2. The van der Waals surface area contributed by atoms with Crippen LogP contribution < -0.4 is 16.6 Å². The molecule has 3 aromatic rings. The molecular formula is C21H23N3O3. The number of aromatic amines is 1. The van der Waals surface area contributed by atoms with Gasteiger partial charge in [-0.1, -0.05) is 62.6 Å². The minimum Gasteiger partial charge on any atom is -0.337 e. The van der Waals surface area contributed by atoms with Crippen molar-refractivity contribution in [2.75, 3.05) is 6.54 Å². The Balaban J connectivity index is 1.88. The van der Waals surface area contributed by atoms with Gasteiger partial charge >= 0.3 is 11.7 Å². The average Bonchev–Trinajstić information content (AvgIpc) is 2.67. The molecule has 1 amide bonds. The van der Waals surface area contributed by atoms with E-state index in [0.717, 1.165) is 41.0 Å². The van der Waals surface area contributed by atoms with E-state index in [-0.39, 0.29) is 5.56 Å². The smallest absolute Gasteiger partial charge is 0.336 e. The molecule has 3 rings (SSSR count). The topological polar surface area (TPSA) is 84.0 Å². The van der Waals surface area contributed by atoms with Crippen molar-refractivity contribution in [1.82, 2.24) is 14.9 Å². The zero-order valence-corrected chi connectivity index (χ0v) is 15.3. The molecule has 0 aliphatic rings. The summed E-state index contributed by atoms with van der Waals surface area (Å²) >= 11 is 0. The lowest BCUT2D eigenvalue weighted by Crippen LogP contribution is -2.40. The minimum absolute atomic E-state index is 0.279. The number of rotatable bonds is 6. The molecule has 0 unspecified atom stereocenters. The molecule has 140 valence electrons. The lowest BCUT2D eigenvalue weighted by Gasteiger charge is -2.09. The number of carbonyl (C=O) groups excluding carboxylic acids is 1. The lowest BCUT2D eigenvalue weighted by atomic mass is 10.0. The summed E-state index contributed by atoms with van der Waals surface area (Å²) in [4.78, 5) is 38.9. The molecule has 6 heteroatoms. The Bertz CT molecular complexity index is 1070. The molecule has 0 saturated heterocycles. The van der Waals surface area contributed by atoms with Gasteiger partial charge in [0.25, 0.3) is 5.56 Å². The van der Waals surface area contributed by atoms with Gasteiger partial charge in [-0.05, 0) is 28.8 Å². The molecule has 0 fully saturated rings. The lowest BCUT2D eigenvalue weighted by molar-refractivity contribution is 0.241. The molecule has 0 aliphatic heterocycles. The van der Waals surface area contributed by atoms with Gasteiger partial charge in [-0.15, -0.1) is 0 Å². The summed E-state index contributed by atoms with van der Waals surface area (Å²) in [6.07, 6.45) is 5.42. The van der Waals surface area contributed by atoms with Gasteiger partial charge in [0.15, 0.2) is 0 Å². The van der Waals surface area contributed by atoms with Crippen molar-refractivity contribution in [3.8, 4) is 11.1 Å². The van der Waals surface area contributed by atoms with Gasteiger partial charge in [-0.3, -0.25) is 9.78 Å². The van der Waals surface area contributed by atoms with Crippen LogP contribution in [0.3, 0.4) is 0 Å². The summed E-state index contributed by atoms with van der Waals surface area (Å²) in [5.41, 5.74) is -0.321. The monoisotopic (exact) mass is 365 g/mol. The second-order valence-corrected chi connectivity index (χ2v) is 6.53. The standard InChI is InChI=1S/C21H23N3O3/c1-2-3-4-7-12-22-20(26)24-14-18(19(25)23-21(24)27)17-11-10-15-8-5-6-9-16(15)13-17/h5-6,8-11,13-14H,2-4,7,12H2,1H3,(H,22,26)(H,23,25,27). The number of hydrogen-bond acceptors (Lipinski definition) is 3. The van der Waals surface area contributed by atoms with Crippen LogP contribution in [0.25, 0.3) is 21.9 Å². The number of carbonyl (C=O) groups is 1. The fourth-order valence-corrected chi connectivity index (χ4v) is 3.02.